The van der Waals surface area contributed by atoms with Crippen molar-refractivity contribution in [2.45, 2.75) is 50.0 Å². The SMILES string of the molecule is O=C(N1CCCC(Oc2ncc(F)cn2)C1)C1(c2ccc(Cl)cc2)CCCC1. The molecule has 1 aromatic carbocycles. The summed E-state index contributed by atoms with van der Waals surface area (Å²) in [6, 6.07) is 7.83. The van der Waals surface area contributed by atoms with Gasteiger partial charge in [-0.25, -0.2) is 14.4 Å². The predicted octanol–water partition coefficient (Wildman–Crippen LogP) is 4.15. The second kappa shape index (κ2) is 8.03. The minimum absolute atomic E-state index is 0.147. The smallest absolute Gasteiger partial charge is 0.316 e. The molecule has 2 fully saturated rings. The lowest BCUT2D eigenvalue weighted by Gasteiger charge is -2.39. The van der Waals surface area contributed by atoms with E-state index in [1.165, 1.54) is 0 Å². The van der Waals surface area contributed by atoms with Crippen molar-refractivity contribution in [3.05, 3.63) is 53.1 Å². The van der Waals surface area contributed by atoms with E-state index in [-0.39, 0.29) is 18.0 Å². The van der Waals surface area contributed by atoms with E-state index in [1.54, 1.807) is 0 Å². The van der Waals surface area contributed by atoms with Gasteiger partial charge >= 0.3 is 6.01 Å². The van der Waals surface area contributed by atoms with Gasteiger partial charge in [0.25, 0.3) is 0 Å². The van der Waals surface area contributed by atoms with E-state index in [9.17, 15) is 9.18 Å². The fourth-order valence-corrected chi connectivity index (χ4v) is 4.53. The van der Waals surface area contributed by atoms with Crippen LogP contribution in [-0.4, -0.2) is 40.0 Å². The molecule has 7 heteroatoms. The highest BCUT2D eigenvalue weighted by Crippen LogP contribution is 2.43. The van der Waals surface area contributed by atoms with Crippen LogP contribution in [-0.2, 0) is 10.2 Å². The van der Waals surface area contributed by atoms with Gasteiger partial charge in [0.15, 0.2) is 5.82 Å². The van der Waals surface area contributed by atoms with Crippen LogP contribution in [0.15, 0.2) is 36.7 Å². The van der Waals surface area contributed by atoms with E-state index in [2.05, 4.69) is 9.97 Å². The lowest BCUT2D eigenvalue weighted by Crippen LogP contribution is -2.51. The van der Waals surface area contributed by atoms with Crippen LogP contribution in [0.5, 0.6) is 6.01 Å². The zero-order chi connectivity index (χ0) is 19.6. The molecule has 0 spiro atoms. The molecule has 148 valence electrons. The summed E-state index contributed by atoms with van der Waals surface area (Å²) in [7, 11) is 0. The van der Waals surface area contributed by atoms with E-state index in [0.29, 0.717) is 11.6 Å². The highest BCUT2D eigenvalue weighted by molar-refractivity contribution is 6.30. The molecule has 1 atom stereocenters. The Bertz CT molecular complexity index is 823. The number of ether oxygens (including phenoxy) is 1. The fraction of sp³-hybridized carbons (Fsp3) is 0.476. The monoisotopic (exact) mass is 403 g/mol. The van der Waals surface area contributed by atoms with Gasteiger partial charge in [-0.15, -0.1) is 0 Å². The van der Waals surface area contributed by atoms with Gasteiger partial charge in [0.2, 0.25) is 5.91 Å². The van der Waals surface area contributed by atoms with Crippen LogP contribution in [0.25, 0.3) is 0 Å². The molecule has 0 bridgehead atoms. The average Bonchev–Trinajstić information content (AvgIpc) is 3.21. The number of nitrogens with zero attached hydrogens (tertiary/aromatic N) is 3. The zero-order valence-electron chi connectivity index (χ0n) is 15.6. The van der Waals surface area contributed by atoms with Crippen molar-refractivity contribution in [3.63, 3.8) is 0 Å². The summed E-state index contributed by atoms with van der Waals surface area (Å²) in [6.07, 6.45) is 7.47. The number of aromatic nitrogens is 2. The molecule has 0 radical (unpaired) electrons. The van der Waals surface area contributed by atoms with Crippen molar-refractivity contribution in [3.8, 4) is 6.01 Å². The molecule has 2 aliphatic rings. The Labute approximate surface area is 168 Å². The first kappa shape index (κ1) is 19.1. The molecule has 28 heavy (non-hydrogen) atoms. The summed E-state index contributed by atoms with van der Waals surface area (Å²) < 4.78 is 18.8. The van der Waals surface area contributed by atoms with Gasteiger partial charge in [0.1, 0.15) is 6.10 Å². The Morgan fingerprint density at radius 3 is 2.50 bits per heavy atom. The highest BCUT2D eigenvalue weighted by atomic mass is 35.5. The van der Waals surface area contributed by atoms with Crippen LogP contribution < -0.4 is 4.74 Å². The maximum Gasteiger partial charge on any atom is 0.316 e. The molecule has 4 rings (SSSR count). The van der Waals surface area contributed by atoms with E-state index >= 15 is 0 Å². The number of likely N-dealkylation sites (tertiary alicyclic amines) is 1. The molecule has 1 aliphatic heterocycles. The number of amides is 1. The van der Waals surface area contributed by atoms with E-state index < -0.39 is 11.2 Å². The van der Waals surface area contributed by atoms with Crippen LogP contribution in [0, 0.1) is 5.82 Å². The molecule has 2 heterocycles. The van der Waals surface area contributed by atoms with E-state index in [1.807, 2.05) is 29.2 Å². The van der Waals surface area contributed by atoms with Crippen LogP contribution >= 0.6 is 11.6 Å². The number of piperidine rings is 1. The molecule has 1 aromatic heterocycles. The van der Waals surface area contributed by atoms with Crippen molar-refractivity contribution < 1.29 is 13.9 Å². The lowest BCUT2D eigenvalue weighted by molar-refractivity contribution is -0.140. The van der Waals surface area contributed by atoms with Crippen molar-refractivity contribution in [2.24, 2.45) is 0 Å². The van der Waals surface area contributed by atoms with E-state index in [4.69, 9.17) is 16.3 Å². The largest absolute Gasteiger partial charge is 0.458 e. The van der Waals surface area contributed by atoms with Crippen molar-refractivity contribution >= 4 is 17.5 Å². The molecule has 1 saturated carbocycles. The third-order valence-corrected chi connectivity index (χ3v) is 6.05. The number of carbonyl (C=O) groups excluding carboxylic acids is 1. The number of rotatable bonds is 4. The van der Waals surface area contributed by atoms with Gasteiger partial charge in [0.05, 0.1) is 24.4 Å². The minimum atomic E-state index is -0.501. The third kappa shape index (κ3) is 3.83. The lowest BCUT2D eigenvalue weighted by atomic mass is 9.77. The Morgan fingerprint density at radius 1 is 1.14 bits per heavy atom. The molecule has 2 aromatic rings. The topological polar surface area (TPSA) is 55.3 Å². The quantitative estimate of drug-likeness (QED) is 0.769. The summed E-state index contributed by atoms with van der Waals surface area (Å²) in [5.41, 5.74) is 0.572. The summed E-state index contributed by atoms with van der Waals surface area (Å²) >= 11 is 6.05. The van der Waals surface area contributed by atoms with Gasteiger partial charge in [0, 0.05) is 11.6 Å². The van der Waals surface area contributed by atoms with Crippen LogP contribution in [0.2, 0.25) is 5.02 Å². The van der Waals surface area contributed by atoms with Crippen LogP contribution in [0.1, 0.15) is 44.1 Å². The number of halogens is 2. The van der Waals surface area contributed by atoms with Crippen molar-refractivity contribution in [1.29, 1.82) is 0 Å². The van der Waals surface area contributed by atoms with Gasteiger partial charge in [-0.05, 0) is 43.4 Å². The maximum atomic E-state index is 13.6. The molecular formula is C21H23ClFN3O2. The summed E-state index contributed by atoms with van der Waals surface area (Å²) in [6.45, 7) is 1.22. The predicted molar refractivity (Wildman–Crippen MR) is 104 cm³/mol. The van der Waals surface area contributed by atoms with Gasteiger partial charge < -0.3 is 9.64 Å². The van der Waals surface area contributed by atoms with Crippen molar-refractivity contribution in [1.82, 2.24) is 14.9 Å². The Balaban J connectivity index is 1.50. The highest BCUT2D eigenvalue weighted by Gasteiger charge is 2.45. The number of carbonyl (C=O) groups is 1. The van der Waals surface area contributed by atoms with Crippen LogP contribution in [0.3, 0.4) is 0 Å². The standard InChI is InChI=1S/C21H23ClFN3O2/c22-16-7-5-15(6-8-16)21(9-1-2-10-21)19(27)26-11-3-4-18(14-26)28-20-24-12-17(23)13-25-20/h5-8,12-13,18H,1-4,9-11,14H2. The normalized spacial score (nSPS) is 21.5. The van der Waals surface area contributed by atoms with Crippen molar-refractivity contribution in [2.75, 3.05) is 13.1 Å². The van der Waals surface area contributed by atoms with Gasteiger partial charge in [-0.1, -0.05) is 36.6 Å². The molecular weight excluding hydrogens is 381 g/mol. The summed E-state index contributed by atoms with van der Waals surface area (Å²) in [5.74, 6) is -0.334. The fourth-order valence-electron chi connectivity index (χ4n) is 4.41. The van der Waals surface area contributed by atoms with Gasteiger partial charge in [-0.3, -0.25) is 4.79 Å². The molecule has 5 nitrogen and oxygen atoms in total. The van der Waals surface area contributed by atoms with E-state index in [0.717, 1.165) is 63.0 Å². The van der Waals surface area contributed by atoms with Crippen LogP contribution in [0.4, 0.5) is 4.39 Å². The maximum absolute atomic E-state index is 13.6. The first-order chi connectivity index (χ1) is 13.6. The Kier molecular flexibility index (Phi) is 5.49. The van der Waals surface area contributed by atoms with Gasteiger partial charge in [-0.2, -0.15) is 0 Å². The Morgan fingerprint density at radius 2 is 1.82 bits per heavy atom. The first-order valence-electron chi connectivity index (χ1n) is 9.76. The number of hydrogen-bond donors (Lipinski definition) is 0. The molecule has 1 amide bonds. The molecule has 1 saturated heterocycles. The Hall–Kier alpha value is -2.21. The second-order valence-electron chi connectivity index (χ2n) is 7.61. The molecule has 1 aliphatic carbocycles. The first-order valence-corrected chi connectivity index (χ1v) is 10.1. The zero-order valence-corrected chi connectivity index (χ0v) is 16.4. The minimum Gasteiger partial charge on any atom is -0.458 e. The summed E-state index contributed by atoms with van der Waals surface area (Å²) in [4.78, 5) is 23.3. The molecule has 1 unspecified atom stereocenters. The number of benzene rings is 1. The second-order valence-corrected chi connectivity index (χ2v) is 8.05. The molecule has 0 N–H and O–H groups in total. The summed E-state index contributed by atoms with van der Waals surface area (Å²) in [5, 5.41) is 0.676. The average molecular weight is 404 g/mol. The number of hydrogen-bond acceptors (Lipinski definition) is 4. The third-order valence-electron chi connectivity index (χ3n) is 5.80.